The number of nitrogens with zero attached hydrogens (tertiary/aromatic N) is 1. The smallest absolute Gasteiger partial charge is 0.0901 e. The summed E-state index contributed by atoms with van der Waals surface area (Å²) in [4.78, 5) is 4.22. The number of hydrogen-bond acceptors (Lipinski definition) is 3. The highest BCUT2D eigenvalue weighted by molar-refractivity contribution is 7.09. The van der Waals surface area contributed by atoms with Crippen LogP contribution >= 0.6 is 11.3 Å². The normalized spacial score (nSPS) is 9.80. The number of nitrogens with two attached hydrogens (primary N) is 1. The average Bonchev–Trinajstić information content (AvgIpc) is 2.34. The van der Waals surface area contributed by atoms with Crippen molar-refractivity contribution >= 4 is 16.9 Å². The zero-order valence-corrected chi connectivity index (χ0v) is 6.74. The van der Waals surface area contributed by atoms with Crippen molar-refractivity contribution in [1.29, 1.82) is 0 Å². The summed E-state index contributed by atoms with van der Waals surface area (Å²) in [6.45, 7) is 6.24. The first-order valence-corrected chi connectivity index (χ1v) is 3.92. The summed E-state index contributed by atoms with van der Waals surface area (Å²) in [5.41, 5.74) is 7.22. The predicted molar refractivity (Wildman–Crippen MR) is 44.9 cm³/mol. The molecule has 1 aromatic heterocycles. The first-order chi connectivity index (χ1) is 4.74. The van der Waals surface area contributed by atoms with Gasteiger partial charge in [-0.15, -0.1) is 11.3 Å². The van der Waals surface area contributed by atoms with Crippen LogP contribution in [0.5, 0.6) is 0 Å². The van der Waals surface area contributed by atoms with Crippen LogP contribution in [0.4, 0.5) is 0 Å². The molecule has 10 heavy (non-hydrogen) atoms. The van der Waals surface area contributed by atoms with Crippen LogP contribution in [0.2, 0.25) is 0 Å². The van der Waals surface area contributed by atoms with Crippen LogP contribution < -0.4 is 5.73 Å². The second kappa shape index (κ2) is 2.94. The van der Waals surface area contributed by atoms with E-state index in [1.165, 1.54) is 0 Å². The van der Waals surface area contributed by atoms with E-state index in [0.29, 0.717) is 6.54 Å². The van der Waals surface area contributed by atoms with Gasteiger partial charge in [-0.25, -0.2) is 4.98 Å². The Bertz CT molecular complexity index is 240. The number of hydrogen-bond donors (Lipinski definition) is 1. The Kier molecular flexibility index (Phi) is 2.19. The lowest BCUT2D eigenvalue weighted by Crippen LogP contribution is -2.00. The maximum absolute atomic E-state index is 5.38. The molecule has 1 aromatic rings. The zero-order valence-electron chi connectivity index (χ0n) is 5.92. The summed E-state index contributed by atoms with van der Waals surface area (Å²) in [6.07, 6.45) is 0. The van der Waals surface area contributed by atoms with Gasteiger partial charge < -0.3 is 5.73 Å². The van der Waals surface area contributed by atoms with Gasteiger partial charge in [0, 0.05) is 11.9 Å². The fraction of sp³-hybridized carbons (Fsp3) is 0.286. The van der Waals surface area contributed by atoms with Gasteiger partial charge in [-0.05, 0) is 12.5 Å². The Morgan fingerprint density at radius 2 is 2.60 bits per heavy atom. The second-order valence-corrected chi connectivity index (χ2v) is 3.12. The van der Waals surface area contributed by atoms with E-state index in [1.807, 2.05) is 12.3 Å². The molecule has 1 heterocycles. The molecule has 0 aromatic carbocycles. The Labute approximate surface area is 64.4 Å². The van der Waals surface area contributed by atoms with Crippen LogP contribution in [-0.4, -0.2) is 11.5 Å². The zero-order chi connectivity index (χ0) is 7.56. The van der Waals surface area contributed by atoms with Gasteiger partial charge in [-0.3, -0.25) is 0 Å². The molecule has 0 radical (unpaired) electrons. The second-order valence-electron chi connectivity index (χ2n) is 2.06. The Morgan fingerprint density at radius 1 is 1.90 bits per heavy atom. The van der Waals surface area contributed by atoms with Crippen molar-refractivity contribution in [2.24, 2.45) is 5.73 Å². The average molecular weight is 154 g/mol. The van der Waals surface area contributed by atoms with E-state index in [0.717, 1.165) is 16.3 Å². The monoisotopic (exact) mass is 154 g/mol. The van der Waals surface area contributed by atoms with Crippen molar-refractivity contribution in [1.82, 2.24) is 4.98 Å². The van der Waals surface area contributed by atoms with Crippen LogP contribution in [0.3, 0.4) is 0 Å². The topological polar surface area (TPSA) is 38.9 Å². The van der Waals surface area contributed by atoms with Crippen molar-refractivity contribution < 1.29 is 0 Å². The molecule has 0 aliphatic rings. The van der Waals surface area contributed by atoms with E-state index >= 15 is 0 Å². The van der Waals surface area contributed by atoms with E-state index in [2.05, 4.69) is 11.6 Å². The molecular formula is C7H10N2S. The highest BCUT2D eigenvalue weighted by Gasteiger charge is 1.99. The molecule has 0 fully saturated rings. The number of aromatic nitrogens is 1. The molecule has 0 aliphatic carbocycles. The van der Waals surface area contributed by atoms with Crippen LogP contribution in [0.15, 0.2) is 12.0 Å². The Morgan fingerprint density at radius 3 is 3.00 bits per heavy atom. The van der Waals surface area contributed by atoms with Crippen molar-refractivity contribution in [3.8, 4) is 0 Å². The highest BCUT2D eigenvalue weighted by Crippen LogP contribution is 2.13. The molecule has 0 bridgehead atoms. The van der Waals surface area contributed by atoms with E-state index in [-0.39, 0.29) is 0 Å². The summed E-state index contributed by atoms with van der Waals surface area (Å²) in [7, 11) is 0. The first kappa shape index (κ1) is 7.44. The maximum atomic E-state index is 5.38. The van der Waals surface area contributed by atoms with Crippen molar-refractivity contribution in [2.75, 3.05) is 6.54 Å². The molecule has 0 aliphatic heterocycles. The van der Waals surface area contributed by atoms with E-state index in [4.69, 9.17) is 5.73 Å². The lowest BCUT2D eigenvalue weighted by atomic mass is 10.2. The van der Waals surface area contributed by atoms with Gasteiger partial charge in [0.05, 0.1) is 10.7 Å². The van der Waals surface area contributed by atoms with Crippen molar-refractivity contribution in [2.45, 2.75) is 6.92 Å². The minimum atomic E-state index is 0.489. The summed E-state index contributed by atoms with van der Waals surface area (Å²) >= 11 is 1.62. The SMILES string of the molecule is C=C(CN)c1csc(C)n1. The third-order valence-corrected chi connectivity index (χ3v) is 2.00. The summed E-state index contributed by atoms with van der Waals surface area (Å²) in [5, 5.41) is 3.04. The lowest BCUT2D eigenvalue weighted by molar-refractivity contribution is 1.20. The molecule has 1 rings (SSSR count). The molecule has 0 saturated heterocycles. The molecule has 0 amide bonds. The largest absolute Gasteiger partial charge is 0.326 e. The molecule has 3 heteroatoms. The van der Waals surface area contributed by atoms with E-state index in [1.54, 1.807) is 11.3 Å². The quantitative estimate of drug-likeness (QED) is 0.699. The van der Waals surface area contributed by atoms with Crippen LogP contribution in [0, 0.1) is 6.92 Å². The maximum Gasteiger partial charge on any atom is 0.0901 e. The summed E-state index contributed by atoms with van der Waals surface area (Å²) in [5.74, 6) is 0. The van der Waals surface area contributed by atoms with Crippen molar-refractivity contribution in [3.63, 3.8) is 0 Å². The molecule has 0 saturated carbocycles. The number of thiazole rings is 1. The molecule has 0 unspecified atom stereocenters. The van der Waals surface area contributed by atoms with Gasteiger partial charge in [-0.2, -0.15) is 0 Å². The van der Waals surface area contributed by atoms with Gasteiger partial charge in [0.25, 0.3) is 0 Å². The molecular weight excluding hydrogens is 144 g/mol. The van der Waals surface area contributed by atoms with Gasteiger partial charge in [0.1, 0.15) is 0 Å². The minimum absolute atomic E-state index is 0.489. The fourth-order valence-corrected chi connectivity index (χ4v) is 1.28. The molecule has 54 valence electrons. The Hall–Kier alpha value is -0.670. The third kappa shape index (κ3) is 1.43. The van der Waals surface area contributed by atoms with Crippen LogP contribution in [0.1, 0.15) is 10.7 Å². The lowest BCUT2D eigenvalue weighted by Gasteiger charge is -1.93. The van der Waals surface area contributed by atoms with Crippen LogP contribution in [0.25, 0.3) is 5.57 Å². The van der Waals surface area contributed by atoms with Gasteiger partial charge in [0.15, 0.2) is 0 Å². The van der Waals surface area contributed by atoms with E-state index < -0.39 is 0 Å². The Balaban J connectivity index is 2.85. The van der Waals surface area contributed by atoms with Gasteiger partial charge >= 0.3 is 0 Å². The molecule has 0 atom stereocenters. The summed E-state index contributed by atoms with van der Waals surface area (Å²) in [6, 6.07) is 0. The minimum Gasteiger partial charge on any atom is -0.326 e. The molecule has 0 spiro atoms. The standard InChI is InChI=1S/C7H10N2S/c1-5(3-8)7-4-10-6(2)9-7/h4H,1,3,8H2,2H3. The van der Waals surface area contributed by atoms with Crippen molar-refractivity contribution in [3.05, 3.63) is 22.7 Å². The highest BCUT2D eigenvalue weighted by atomic mass is 32.1. The van der Waals surface area contributed by atoms with Gasteiger partial charge in [0.2, 0.25) is 0 Å². The van der Waals surface area contributed by atoms with Crippen LogP contribution in [-0.2, 0) is 0 Å². The fourth-order valence-electron chi connectivity index (χ4n) is 0.630. The van der Waals surface area contributed by atoms with E-state index in [9.17, 15) is 0 Å². The molecule has 2 nitrogen and oxygen atoms in total. The number of aryl methyl sites for hydroxylation is 1. The molecule has 2 N–H and O–H groups in total. The summed E-state index contributed by atoms with van der Waals surface area (Å²) < 4.78 is 0. The van der Waals surface area contributed by atoms with Gasteiger partial charge in [-0.1, -0.05) is 6.58 Å². The predicted octanol–water partition coefficient (Wildman–Crippen LogP) is 1.42. The first-order valence-electron chi connectivity index (χ1n) is 3.04. The number of rotatable bonds is 2. The third-order valence-electron chi connectivity index (χ3n) is 1.23.